The average Bonchev–Trinajstić information content (AvgIpc) is 3.36. The van der Waals surface area contributed by atoms with Gasteiger partial charge in [-0.15, -0.1) is 0 Å². The number of para-hydroxylation sites is 1. The van der Waals surface area contributed by atoms with Crippen LogP contribution in [0.5, 0.6) is 0 Å². The second-order valence-electron chi connectivity index (χ2n) is 9.74. The highest BCUT2D eigenvalue weighted by Crippen LogP contribution is 2.33. The van der Waals surface area contributed by atoms with Crippen molar-refractivity contribution < 1.29 is 0 Å². The van der Waals surface area contributed by atoms with Gasteiger partial charge in [-0.2, -0.15) is 5.10 Å². The number of nitrogens with zero attached hydrogens (tertiary/aromatic N) is 5. The molecule has 0 bridgehead atoms. The number of aryl methyl sites for hydroxylation is 1. The second-order valence-corrected chi connectivity index (χ2v) is 9.74. The number of hydrogen-bond donors (Lipinski definition) is 1. The Hall–Kier alpha value is -3.93. The first-order chi connectivity index (χ1) is 16.3. The van der Waals surface area contributed by atoms with Crippen molar-refractivity contribution in [2.45, 2.75) is 46.6 Å². The molecule has 0 aliphatic rings. The molecule has 3 aromatic heterocycles. The van der Waals surface area contributed by atoms with Gasteiger partial charge in [-0.1, -0.05) is 69.3 Å². The molecule has 0 spiro atoms. The molecule has 5 rings (SSSR count). The van der Waals surface area contributed by atoms with Crippen LogP contribution in [0.1, 0.15) is 43.3 Å². The molecule has 0 aliphatic carbocycles. The summed E-state index contributed by atoms with van der Waals surface area (Å²) in [5.74, 6) is 1.67. The van der Waals surface area contributed by atoms with E-state index in [4.69, 9.17) is 5.10 Å². The van der Waals surface area contributed by atoms with E-state index < -0.39 is 0 Å². The Morgan fingerprint density at radius 2 is 1.56 bits per heavy atom. The lowest BCUT2D eigenvalue weighted by molar-refractivity contribution is 0.560. The van der Waals surface area contributed by atoms with Gasteiger partial charge in [0.2, 0.25) is 0 Å². The van der Waals surface area contributed by atoms with Gasteiger partial charge in [0.05, 0.1) is 16.8 Å². The maximum Gasteiger partial charge on any atom is 0.146 e. The molecule has 6 heteroatoms. The monoisotopic (exact) mass is 450 g/mol. The van der Waals surface area contributed by atoms with Gasteiger partial charge in [0.1, 0.15) is 23.6 Å². The molecule has 2 aromatic carbocycles. The zero-order valence-corrected chi connectivity index (χ0v) is 20.4. The molecular weight excluding hydrogens is 420 g/mol. The van der Waals surface area contributed by atoms with Gasteiger partial charge in [0.25, 0.3) is 0 Å². The highest BCUT2D eigenvalue weighted by molar-refractivity contribution is 5.93. The molecule has 34 heavy (non-hydrogen) atoms. The minimum absolute atomic E-state index is 0.0804. The fourth-order valence-corrected chi connectivity index (χ4v) is 4.25. The van der Waals surface area contributed by atoms with Crippen molar-refractivity contribution in [3.8, 4) is 5.69 Å². The summed E-state index contributed by atoms with van der Waals surface area (Å²) in [7, 11) is 0. The first-order valence-corrected chi connectivity index (χ1v) is 11.6. The van der Waals surface area contributed by atoms with E-state index in [0.717, 1.165) is 40.6 Å². The number of aromatic nitrogens is 5. The maximum atomic E-state index is 4.93. The minimum Gasteiger partial charge on any atom is -0.325 e. The molecule has 0 unspecified atom stereocenters. The van der Waals surface area contributed by atoms with Gasteiger partial charge < -0.3 is 9.88 Å². The molecule has 172 valence electrons. The predicted octanol–water partition coefficient (Wildman–Crippen LogP) is 6.32. The molecule has 0 saturated heterocycles. The Bertz CT molecular complexity index is 1440. The van der Waals surface area contributed by atoms with Gasteiger partial charge in [0, 0.05) is 23.7 Å². The maximum absolute atomic E-state index is 4.93. The molecule has 0 radical (unpaired) electrons. The van der Waals surface area contributed by atoms with Crippen LogP contribution in [-0.4, -0.2) is 24.3 Å². The molecule has 0 amide bonds. The summed E-state index contributed by atoms with van der Waals surface area (Å²) in [5, 5.41) is 9.56. The lowest BCUT2D eigenvalue weighted by Gasteiger charge is -2.14. The van der Waals surface area contributed by atoms with Crippen molar-refractivity contribution in [1.29, 1.82) is 0 Å². The molecule has 1 N–H and O–H groups in total. The van der Waals surface area contributed by atoms with Crippen LogP contribution in [0.3, 0.4) is 0 Å². The summed E-state index contributed by atoms with van der Waals surface area (Å²) in [6, 6.07) is 22.8. The van der Waals surface area contributed by atoms with Crippen LogP contribution >= 0.6 is 0 Å². The van der Waals surface area contributed by atoms with Crippen molar-refractivity contribution in [3.63, 3.8) is 0 Å². The average molecular weight is 451 g/mol. The second kappa shape index (κ2) is 8.45. The number of benzene rings is 2. The van der Waals surface area contributed by atoms with Crippen molar-refractivity contribution in [1.82, 2.24) is 24.3 Å². The molecule has 6 nitrogen and oxygen atoms in total. The summed E-state index contributed by atoms with van der Waals surface area (Å²) in [5.41, 5.74) is 6.47. The molecule has 3 heterocycles. The minimum atomic E-state index is -0.0804. The van der Waals surface area contributed by atoms with E-state index in [2.05, 4.69) is 96.9 Å². The van der Waals surface area contributed by atoms with E-state index in [0.29, 0.717) is 0 Å². The third-order valence-electron chi connectivity index (χ3n) is 6.31. The number of fused-ring (bicyclic) bond motifs is 1. The summed E-state index contributed by atoms with van der Waals surface area (Å²) in [6.07, 6.45) is 1.64. The largest absolute Gasteiger partial charge is 0.325 e. The van der Waals surface area contributed by atoms with Gasteiger partial charge in [-0.3, -0.25) is 0 Å². The topological polar surface area (TPSA) is 60.6 Å². The molecule has 0 atom stereocenters. The van der Waals surface area contributed by atoms with E-state index in [1.165, 1.54) is 16.8 Å². The number of nitrogens with one attached hydrogen (secondary N) is 1. The summed E-state index contributed by atoms with van der Waals surface area (Å²) >= 11 is 0. The van der Waals surface area contributed by atoms with E-state index in [9.17, 15) is 0 Å². The number of anilines is 2. The van der Waals surface area contributed by atoms with Crippen LogP contribution in [0.4, 0.5) is 11.6 Å². The van der Waals surface area contributed by atoms with E-state index in [1.54, 1.807) is 6.33 Å². The number of rotatable bonds is 5. The molecule has 0 fully saturated rings. The van der Waals surface area contributed by atoms with Gasteiger partial charge in [0.15, 0.2) is 0 Å². The third kappa shape index (κ3) is 3.96. The van der Waals surface area contributed by atoms with Crippen LogP contribution in [0, 0.1) is 13.8 Å². The lowest BCUT2D eigenvalue weighted by Crippen LogP contribution is -2.12. The Balaban J connectivity index is 1.62. The predicted molar refractivity (Wildman–Crippen MR) is 138 cm³/mol. The molecule has 0 saturated carbocycles. The zero-order chi connectivity index (χ0) is 23.9. The zero-order valence-electron chi connectivity index (χ0n) is 20.4. The molecule has 5 aromatic rings. The SMILES string of the molecule is Cc1c(C)n(Cc2ccccc2)c2ncnc(Nc3cc(C(C)(C)C)nn3-c3ccccc3)c12. The third-order valence-corrected chi connectivity index (χ3v) is 6.31. The summed E-state index contributed by atoms with van der Waals surface area (Å²) in [6.45, 7) is 11.6. The highest BCUT2D eigenvalue weighted by Gasteiger charge is 2.22. The molecule has 0 aliphatic heterocycles. The van der Waals surface area contributed by atoms with Gasteiger partial charge in [-0.25, -0.2) is 14.6 Å². The van der Waals surface area contributed by atoms with Crippen molar-refractivity contribution in [2.75, 3.05) is 5.32 Å². The quantitative estimate of drug-likeness (QED) is 0.340. The van der Waals surface area contributed by atoms with E-state index >= 15 is 0 Å². The van der Waals surface area contributed by atoms with E-state index in [-0.39, 0.29) is 5.41 Å². The van der Waals surface area contributed by atoms with Gasteiger partial charge >= 0.3 is 0 Å². The Kier molecular flexibility index (Phi) is 5.44. The van der Waals surface area contributed by atoms with Crippen LogP contribution in [0.2, 0.25) is 0 Å². The van der Waals surface area contributed by atoms with Crippen molar-refractivity contribution >= 4 is 22.7 Å². The standard InChI is InChI=1S/C28H30N6/c1-19-20(2)33(17-21-12-8-6-9-13-21)27-25(19)26(29-18-30-27)31-24-16-23(28(3,4)5)32-34(24)22-14-10-7-11-15-22/h6-16,18H,17H2,1-5H3,(H,29,30,31). The van der Waals surface area contributed by atoms with Crippen molar-refractivity contribution in [3.05, 3.63) is 95.6 Å². The highest BCUT2D eigenvalue weighted by atomic mass is 15.3. The van der Waals surface area contributed by atoms with Gasteiger partial charge in [-0.05, 0) is 37.1 Å². The van der Waals surface area contributed by atoms with Crippen LogP contribution in [0.15, 0.2) is 73.1 Å². The first-order valence-electron chi connectivity index (χ1n) is 11.6. The van der Waals surface area contributed by atoms with E-state index in [1.807, 2.05) is 28.9 Å². The van der Waals surface area contributed by atoms with Crippen LogP contribution in [-0.2, 0) is 12.0 Å². The number of hydrogen-bond acceptors (Lipinski definition) is 4. The normalized spacial score (nSPS) is 11.8. The molecular formula is C28H30N6. The Morgan fingerprint density at radius 3 is 2.24 bits per heavy atom. The summed E-state index contributed by atoms with van der Waals surface area (Å²) in [4.78, 5) is 9.33. The fraction of sp³-hybridized carbons (Fsp3) is 0.250. The Labute approximate surface area is 200 Å². The lowest BCUT2D eigenvalue weighted by atomic mass is 9.92. The van der Waals surface area contributed by atoms with Crippen LogP contribution in [0.25, 0.3) is 16.7 Å². The van der Waals surface area contributed by atoms with Crippen molar-refractivity contribution in [2.24, 2.45) is 0 Å². The summed E-state index contributed by atoms with van der Waals surface area (Å²) < 4.78 is 4.22. The first kappa shape index (κ1) is 21.9. The smallest absolute Gasteiger partial charge is 0.146 e. The fourth-order valence-electron chi connectivity index (χ4n) is 4.25. The van der Waals surface area contributed by atoms with Crippen LogP contribution < -0.4 is 5.32 Å². The Morgan fingerprint density at radius 1 is 0.882 bits per heavy atom.